The van der Waals surface area contributed by atoms with Gasteiger partial charge in [-0.2, -0.15) is 0 Å². The third-order valence-electron chi connectivity index (χ3n) is 3.44. The molecule has 0 saturated heterocycles. The summed E-state index contributed by atoms with van der Waals surface area (Å²) in [5.74, 6) is -0.0384. The fourth-order valence-corrected chi connectivity index (χ4v) is 2.89. The molecule has 2 aromatic rings. The van der Waals surface area contributed by atoms with E-state index < -0.39 is 5.97 Å². The number of nitrogens with zero attached hydrogens (tertiary/aromatic N) is 1. The topological polar surface area (TPSA) is 38.8 Å². The van der Waals surface area contributed by atoms with Gasteiger partial charge in [-0.3, -0.25) is 4.90 Å². The summed E-state index contributed by atoms with van der Waals surface area (Å²) in [6.07, 6.45) is -0.245. The van der Waals surface area contributed by atoms with Crippen molar-refractivity contribution in [3.8, 4) is 5.75 Å². The molecule has 25 heavy (non-hydrogen) atoms. The van der Waals surface area contributed by atoms with Crippen LogP contribution >= 0.6 is 23.2 Å². The minimum absolute atomic E-state index is 0.200. The summed E-state index contributed by atoms with van der Waals surface area (Å²) < 4.78 is 10.7. The predicted octanol–water partition coefficient (Wildman–Crippen LogP) is 4.44. The van der Waals surface area contributed by atoms with E-state index in [2.05, 4.69) is 17.0 Å². The van der Waals surface area contributed by atoms with E-state index in [1.807, 2.05) is 32.2 Å². The van der Waals surface area contributed by atoms with E-state index in [1.54, 1.807) is 18.2 Å². The van der Waals surface area contributed by atoms with Gasteiger partial charge in [0, 0.05) is 18.1 Å². The van der Waals surface area contributed by atoms with Crippen LogP contribution in [0.3, 0.4) is 0 Å². The van der Waals surface area contributed by atoms with Crippen molar-refractivity contribution in [1.29, 1.82) is 0 Å². The zero-order valence-corrected chi connectivity index (χ0v) is 15.8. The van der Waals surface area contributed by atoms with Crippen LogP contribution in [0, 0.1) is 0 Å². The fraction of sp³-hybridized carbons (Fsp3) is 0.316. The first-order valence-corrected chi connectivity index (χ1v) is 8.69. The maximum Gasteiger partial charge on any atom is 0.344 e. The van der Waals surface area contributed by atoms with Gasteiger partial charge < -0.3 is 9.47 Å². The summed E-state index contributed by atoms with van der Waals surface area (Å²) in [4.78, 5) is 14.0. The molecule has 6 heteroatoms. The first-order chi connectivity index (χ1) is 11.9. The van der Waals surface area contributed by atoms with Gasteiger partial charge in [-0.1, -0.05) is 53.5 Å². The molecule has 0 N–H and O–H groups in total. The van der Waals surface area contributed by atoms with Crippen molar-refractivity contribution < 1.29 is 14.3 Å². The maximum atomic E-state index is 11.9. The zero-order chi connectivity index (χ0) is 18.2. The highest BCUT2D eigenvalue weighted by Crippen LogP contribution is 2.27. The molecule has 0 aliphatic rings. The quantitative estimate of drug-likeness (QED) is 0.633. The molecular formula is C19H21Cl2NO3. The van der Waals surface area contributed by atoms with Gasteiger partial charge in [0.25, 0.3) is 0 Å². The number of esters is 1. The minimum Gasteiger partial charge on any atom is -0.480 e. The van der Waals surface area contributed by atoms with E-state index in [0.29, 0.717) is 22.3 Å². The number of halogens is 2. The molecule has 4 nitrogen and oxygen atoms in total. The van der Waals surface area contributed by atoms with Gasteiger partial charge in [0.15, 0.2) is 6.61 Å². The number of carbonyl (C=O) groups excluding carboxylic acids is 1. The minimum atomic E-state index is -0.438. The Bertz CT molecular complexity index is 694. The Hall–Kier alpha value is -1.75. The zero-order valence-electron chi connectivity index (χ0n) is 14.2. The average molecular weight is 382 g/mol. The van der Waals surface area contributed by atoms with Gasteiger partial charge in [0.2, 0.25) is 0 Å². The van der Waals surface area contributed by atoms with E-state index in [9.17, 15) is 4.79 Å². The monoisotopic (exact) mass is 381 g/mol. The SMILES string of the molecule is C[C@@H](CN(C)Cc1ccccc1)OC(=O)COc1ccc(Cl)cc1Cl. The number of rotatable bonds is 8. The van der Waals surface area contributed by atoms with Crippen LogP contribution < -0.4 is 4.74 Å². The number of carbonyl (C=O) groups is 1. The van der Waals surface area contributed by atoms with Gasteiger partial charge in [-0.15, -0.1) is 0 Å². The van der Waals surface area contributed by atoms with Crippen molar-refractivity contribution in [3.05, 3.63) is 64.1 Å². The van der Waals surface area contributed by atoms with Crippen LogP contribution in [0.25, 0.3) is 0 Å². The summed E-state index contributed by atoms with van der Waals surface area (Å²) in [5.41, 5.74) is 1.21. The number of benzene rings is 2. The molecule has 1 atom stereocenters. The van der Waals surface area contributed by atoms with Crippen LogP contribution in [0.1, 0.15) is 12.5 Å². The molecule has 0 fully saturated rings. The predicted molar refractivity (Wildman–Crippen MR) is 100 cm³/mol. The second-order valence-corrected chi connectivity index (χ2v) is 6.69. The number of hydrogen-bond acceptors (Lipinski definition) is 4. The van der Waals surface area contributed by atoms with Crippen molar-refractivity contribution in [2.24, 2.45) is 0 Å². The van der Waals surface area contributed by atoms with Crippen molar-refractivity contribution >= 4 is 29.2 Å². The smallest absolute Gasteiger partial charge is 0.344 e. The van der Waals surface area contributed by atoms with Crippen molar-refractivity contribution in [2.75, 3.05) is 20.2 Å². The molecule has 2 aromatic carbocycles. The van der Waals surface area contributed by atoms with Crippen LogP contribution in [-0.4, -0.2) is 37.2 Å². The standard InChI is InChI=1S/C19H21Cl2NO3/c1-14(11-22(2)12-15-6-4-3-5-7-15)25-19(23)13-24-18-9-8-16(20)10-17(18)21/h3-10,14H,11-13H2,1-2H3/t14-/m0/s1. The Labute approximate surface area is 158 Å². The van der Waals surface area contributed by atoms with Gasteiger partial charge in [-0.05, 0) is 37.7 Å². The highest BCUT2D eigenvalue weighted by molar-refractivity contribution is 6.35. The van der Waals surface area contributed by atoms with Gasteiger partial charge in [0.05, 0.1) is 5.02 Å². The van der Waals surface area contributed by atoms with E-state index in [1.165, 1.54) is 5.56 Å². The van der Waals surface area contributed by atoms with Crippen molar-refractivity contribution in [1.82, 2.24) is 4.90 Å². The summed E-state index contributed by atoms with van der Waals surface area (Å²) in [7, 11) is 1.99. The van der Waals surface area contributed by atoms with Gasteiger partial charge in [-0.25, -0.2) is 4.79 Å². The van der Waals surface area contributed by atoms with E-state index >= 15 is 0 Å². The molecule has 0 bridgehead atoms. The Kier molecular flexibility index (Phi) is 7.56. The largest absolute Gasteiger partial charge is 0.480 e. The lowest BCUT2D eigenvalue weighted by Crippen LogP contribution is -2.31. The summed E-state index contributed by atoms with van der Waals surface area (Å²) in [6, 6.07) is 15.0. The van der Waals surface area contributed by atoms with Gasteiger partial charge >= 0.3 is 5.97 Å². The summed E-state index contributed by atoms with van der Waals surface area (Å²) >= 11 is 11.8. The molecule has 0 aromatic heterocycles. The lowest BCUT2D eigenvalue weighted by Gasteiger charge is -2.21. The molecule has 0 amide bonds. The highest BCUT2D eigenvalue weighted by atomic mass is 35.5. The number of likely N-dealkylation sites (N-methyl/N-ethyl adjacent to an activating group) is 1. The van der Waals surface area contributed by atoms with Crippen LogP contribution in [0.15, 0.2) is 48.5 Å². The molecule has 0 spiro atoms. The summed E-state index contributed by atoms with van der Waals surface area (Å²) in [6.45, 7) is 3.07. The van der Waals surface area contributed by atoms with Crippen LogP contribution in [-0.2, 0) is 16.1 Å². The Morgan fingerprint density at radius 3 is 2.56 bits per heavy atom. The van der Waals surface area contributed by atoms with Crippen LogP contribution in [0.2, 0.25) is 10.0 Å². The first kappa shape index (κ1) is 19.6. The van der Waals surface area contributed by atoms with E-state index in [0.717, 1.165) is 6.54 Å². The first-order valence-electron chi connectivity index (χ1n) is 7.94. The summed E-state index contributed by atoms with van der Waals surface area (Å²) in [5, 5.41) is 0.867. The molecule has 134 valence electrons. The average Bonchev–Trinajstić information content (AvgIpc) is 2.54. The van der Waals surface area contributed by atoms with Crippen LogP contribution in [0.5, 0.6) is 5.75 Å². The highest BCUT2D eigenvalue weighted by Gasteiger charge is 2.13. The molecule has 2 rings (SSSR count). The number of hydrogen-bond donors (Lipinski definition) is 0. The number of ether oxygens (including phenoxy) is 2. The third-order valence-corrected chi connectivity index (χ3v) is 3.97. The Morgan fingerprint density at radius 2 is 1.88 bits per heavy atom. The van der Waals surface area contributed by atoms with E-state index in [-0.39, 0.29) is 12.7 Å². The molecule has 0 saturated carbocycles. The molecule has 0 aliphatic carbocycles. The van der Waals surface area contributed by atoms with E-state index in [4.69, 9.17) is 32.7 Å². The second kappa shape index (κ2) is 9.66. The molecule has 0 heterocycles. The van der Waals surface area contributed by atoms with Gasteiger partial charge in [0.1, 0.15) is 11.9 Å². The molecule has 0 unspecified atom stereocenters. The molecule has 0 aliphatic heterocycles. The van der Waals surface area contributed by atoms with Crippen LogP contribution in [0.4, 0.5) is 0 Å². The van der Waals surface area contributed by atoms with Crippen molar-refractivity contribution in [3.63, 3.8) is 0 Å². The Balaban J connectivity index is 1.74. The third kappa shape index (κ3) is 6.94. The molecule has 0 radical (unpaired) electrons. The fourth-order valence-electron chi connectivity index (χ4n) is 2.42. The lowest BCUT2D eigenvalue weighted by atomic mass is 10.2. The van der Waals surface area contributed by atoms with Crippen molar-refractivity contribution in [2.45, 2.75) is 19.6 Å². The Morgan fingerprint density at radius 1 is 1.16 bits per heavy atom. The maximum absolute atomic E-state index is 11.9. The normalized spacial score (nSPS) is 12.0. The second-order valence-electron chi connectivity index (χ2n) is 5.85. The lowest BCUT2D eigenvalue weighted by molar-refractivity contribution is -0.151. The molecular weight excluding hydrogens is 361 g/mol.